The van der Waals surface area contributed by atoms with E-state index in [0.29, 0.717) is 30.1 Å². The first kappa shape index (κ1) is 22.6. The molecule has 178 valence electrons. The number of benzene rings is 2. The lowest BCUT2D eigenvalue weighted by atomic mass is 9.88. The fraction of sp³-hybridized carbons (Fsp3) is 0.444. The number of aryl methyl sites for hydroxylation is 1. The van der Waals surface area contributed by atoms with Crippen molar-refractivity contribution in [2.24, 2.45) is 0 Å². The fourth-order valence-corrected chi connectivity index (χ4v) is 5.07. The summed E-state index contributed by atoms with van der Waals surface area (Å²) >= 11 is 0. The second-order valence-corrected chi connectivity index (χ2v) is 9.51. The molecule has 3 N–H and O–H groups in total. The molecule has 2 aliphatic rings. The van der Waals surface area contributed by atoms with Gasteiger partial charge < -0.3 is 20.4 Å². The van der Waals surface area contributed by atoms with Crippen molar-refractivity contribution in [1.82, 2.24) is 20.1 Å². The van der Waals surface area contributed by atoms with E-state index in [0.717, 1.165) is 54.7 Å². The molecule has 3 aromatic rings. The Hall–Kier alpha value is -3.19. The van der Waals surface area contributed by atoms with Crippen LogP contribution in [0.3, 0.4) is 0 Å². The molecule has 0 bridgehead atoms. The summed E-state index contributed by atoms with van der Waals surface area (Å²) in [6.07, 6.45) is 5.12. The average molecular weight is 460 g/mol. The number of carbonyl (C=O) groups is 1. The van der Waals surface area contributed by atoms with Crippen LogP contribution in [0.2, 0.25) is 0 Å². The number of ether oxygens (including phenoxy) is 1. The van der Waals surface area contributed by atoms with E-state index >= 15 is 0 Å². The lowest BCUT2D eigenvalue weighted by Crippen LogP contribution is -2.38. The predicted octanol–water partition coefficient (Wildman–Crippen LogP) is 4.66. The Morgan fingerprint density at radius 1 is 1.09 bits per heavy atom. The van der Waals surface area contributed by atoms with Crippen LogP contribution in [0.15, 0.2) is 36.4 Å². The first-order valence-electron chi connectivity index (χ1n) is 12.3. The van der Waals surface area contributed by atoms with Gasteiger partial charge in [0, 0.05) is 37.0 Å². The van der Waals surface area contributed by atoms with Crippen LogP contribution in [0.5, 0.6) is 0 Å². The first-order chi connectivity index (χ1) is 16.6. The Labute approximate surface area is 200 Å². The number of nitrogens with two attached hydrogens (primary N) is 1. The molecule has 2 aromatic carbocycles. The second-order valence-electron chi connectivity index (χ2n) is 9.51. The smallest absolute Gasteiger partial charge is 0.254 e. The minimum absolute atomic E-state index is 0.118. The number of aromatic nitrogens is 3. The van der Waals surface area contributed by atoms with E-state index < -0.39 is 0 Å². The first-order valence-corrected chi connectivity index (χ1v) is 12.3. The van der Waals surface area contributed by atoms with E-state index in [2.05, 4.69) is 46.4 Å². The zero-order valence-electron chi connectivity index (χ0n) is 20.0. The minimum atomic E-state index is 0.118. The minimum Gasteiger partial charge on any atom is -0.399 e. The molecule has 7 heteroatoms. The molecule has 5 rings (SSSR count). The van der Waals surface area contributed by atoms with E-state index in [1.54, 1.807) is 7.11 Å². The van der Waals surface area contributed by atoms with Gasteiger partial charge in [-0.05, 0) is 78.8 Å². The molecule has 1 aliphatic carbocycles. The highest BCUT2D eigenvalue weighted by atomic mass is 16.5. The van der Waals surface area contributed by atoms with Gasteiger partial charge in [0.15, 0.2) is 11.6 Å². The number of H-pyrrole nitrogens is 1. The summed E-state index contributed by atoms with van der Waals surface area (Å²) in [7, 11) is 1.64. The van der Waals surface area contributed by atoms with Gasteiger partial charge in [-0.15, -0.1) is 10.2 Å². The normalized spacial score (nSPS) is 16.7. The molecule has 0 spiro atoms. The fourth-order valence-electron chi connectivity index (χ4n) is 5.07. The second kappa shape index (κ2) is 9.58. The SMILES string of the molecule is CCc1cc(C2CC2)c(-c2nnc(COC)[nH]2)cc1C(=O)N1CCC(c2ccc(N)cc2)CC1. The lowest BCUT2D eigenvalue weighted by Gasteiger charge is -2.33. The van der Waals surface area contributed by atoms with Gasteiger partial charge in [0.1, 0.15) is 6.61 Å². The predicted molar refractivity (Wildman–Crippen MR) is 133 cm³/mol. The largest absolute Gasteiger partial charge is 0.399 e. The van der Waals surface area contributed by atoms with Gasteiger partial charge in [-0.3, -0.25) is 4.79 Å². The molecule has 1 saturated heterocycles. The van der Waals surface area contributed by atoms with Crippen molar-refractivity contribution in [3.05, 3.63) is 64.5 Å². The van der Waals surface area contributed by atoms with Gasteiger partial charge >= 0.3 is 0 Å². The van der Waals surface area contributed by atoms with Gasteiger partial charge in [0.05, 0.1) is 0 Å². The topological polar surface area (TPSA) is 97.1 Å². The third-order valence-electron chi connectivity index (χ3n) is 7.16. The molecule has 1 aliphatic heterocycles. The Kier molecular flexibility index (Phi) is 6.37. The molecule has 0 atom stereocenters. The molecule has 1 aromatic heterocycles. The standard InChI is InChI=1S/C27H33N5O2/c1-3-17-14-22(20-4-5-20)24(26-29-25(16-34-2)30-31-26)15-23(17)27(33)32-12-10-19(11-13-32)18-6-8-21(28)9-7-18/h6-9,14-15,19-20H,3-5,10-13,16,28H2,1-2H3,(H,29,30,31). The van der Waals surface area contributed by atoms with Crippen molar-refractivity contribution in [2.45, 2.75) is 57.5 Å². The summed E-state index contributed by atoms with van der Waals surface area (Å²) in [5.41, 5.74) is 12.1. The number of nitrogens with zero attached hydrogens (tertiary/aromatic N) is 3. The maximum absolute atomic E-state index is 13.7. The third-order valence-corrected chi connectivity index (χ3v) is 7.16. The van der Waals surface area contributed by atoms with Crippen molar-refractivity contribution in [1.29, 1.82) is 0 Å². The summed E-state index contributed by atoms with van der Waals surface area (Å²) in [6, 6.07) is 12.4. The maximum Gasteiger partial charge on any atom is 0.254 e. The highest BCUT2D eigenvalue weighted by Crippen LogP contribution is 2.45. The van der Waals surface area contributed by atoms with Gasteiger partial charge in [-0.25, -0.2) is 0 Å². The molecule has 0 radical (unpaired) electrons. The number of piperidine rings is 1. The summed E-state index contributed by atoms with van der Waals surface area (Å²) in [4.78, 5) is 19.0. The number of likely N-dealkylation sites (tertiary alicyclic amines) is 1. The number of nitrogens with one attached hydrogen (secondary N) is 1. The number of methoxy groups -OCH3 is 1. The van der Waals surface area contributed by atoms with Crippen molar-refractivity contribution < 1.29 is 9.53 Å². The molecule has 2 heterocycles. The summed E-state index contributed by atoms with van der Waals surface area (Å²) in [5, 5.41) is 8.59. The van der Waals surface area contributed by atoms with Crippen molar-refractivity contribution >= 4 is 11.6 Å². The molecule has 1 amide bonds. The number of anilines is 1. The monoisotopic (exact) mass is 459 g/mol. The highest BCUT2D eigenvalue weighted by molar-refractivity contribution is 5.97. The van der Waals surface area contributed by atoms with E-state index in [9.17, 15) is 4.79 Å². The van der Waals surface area contributed by atoms with Crippen LogP contribution in [-0.2, 0) is 17.8 Å². The number of nitrogen functional groups attached to an aromatic ring is 1. The maximum atomic E-state index is 13.7. The summed E-state index contributed by atoms with van der Waals surface area (Å²) < 4.78 is 5.19. The zero-order valence-corrected chi connectivity index (χ0v) is 20.0. The Morgan fingerprint density at radius 2 is 1.82 bits per heavy atom. The van der Waals surface area contributed by atoms with Gasteiger partial charge in [0.2, 0.25) is 0 Å². The number of rotatable bonds is 7. The summed E-state index contributed by atoms with van der Waals surface area (Å²) in [6.45, 7) is 4.03. The van der Waals surface area contributed by atoms with Crippen LogP contribution in [0.25, 0.3) is 11.4 Å². The third kappa shape index (κ3) is 4.57. The number of hydrogen-bond donors (Lipinski definition) is 2. The zero-order chi connectivity index (χ0) is 23.7. The number of amides is 1. The molecule has 0 unspecified atom stereocenters. The molecule has 7 nitrogen and oxygen atoms in total. The average Bonchev–Trinajstić information content (AvgIpc) is 3.62. The van der Waals surface area contributed by atoms with Crippen molar-refractivity contribution in [3.8, 4) is 11.4 Å². The highest BCUT2D eigenvalue weighted by Gasteiger charge is 2.31. The van der Waals surface area contributed by atoms with Crippen molar-refractivity contribution in [2.75, 3.05) is 25.9 Å². The van der Waals surface area contributed by atoms with Crippen LogP contribution >= 0.6 is 0 Å². The molecule has 34 heavy (non-hydrogen) atoms. The van der Waals surface area contributed by atoms with Gasteiger partial charge in [0.25, 0.3) is 5.91 Å². The Bertz CT molecular complexity index is 1160. The molecule has 2 fully saturated rings. The molecular weight excluding hydrogens is 426 g/mol. The van der Waals surface area contributed by atoms with Crippen LogP contribution < -0.4 is 5.73 Å². The Balaban J connectivity index is 1.40. The van der Waals surface area contributed by atoms with E-state index in [-0.39, 0.29) is 5.91 Å². The van der Waals surface area contributed by atoms with E-state index in [1.165, 1.54) is 24.0 Å². The molecular formula is C27H33N5O2. The van der Waals surface area contributed by atoms with Gasteiger partial charge in [-0.1, -0.05) is 25.1 Å². The molecule has 1 saturated carbocycles. The lowest BCUT2D eigenvalue weighted by molar-refractivity contribution is 0.0712. The van der Waals surface area contributed by atoms with Crippen LogP contribution in [0.1, 0.15) is 77.3 Å². The number of aromatic amines is 1. The van der Waals surface area contributed by atoms with Crippen LogP contribution in [0, 0.1) is 0 Å². The number of hydrogen-bond acceptors (Lipinski definition) is 5. The van der Waals surface area contributed by atoms with E-state index in [4.69, 9.17) is 10.5 Å². The Morgan fingerprint density at radius 3 is 2.47 bits per heavy atom. The van der Waals surface area contributed by atoms with Gasteiger partial charge in [-0.2, -0.15) is 0 Å². The number of carbonyl (C=O) groups excluding carboxylic acids is 1. The van der Waals surface area contributed by atoms with Crippen molar-refractivity contribution in [3.63, 3.8) is 0 Å². The summed E-state index contributed by atoms with van der Waals surface area (Å²) in [5.74, 6) is 2.53. The van der Waals surface area contributed by atoms with Crippen LogP contribution in [0.4, 0.5) is 5.69 Å². The van der Waals surface area contributed by atoms with Crippen LogP contribution in [-0.4, -0.2) is 46.2 Å². The van der Waals surface area contributed by atoms with E-state index in [1.807, 2.05) is 17.0 Å². The quantitative estimate of drug-likeness (QED) is 0.501.